The maximum Gasteiger partial charge on any atom is 0.303 e. The van der Waals surface area contributed by atoms with E-state index in [9.17, 15) is 9.59 Å². The van der Waals surface area contributed by atoms with E-state index in [0.717, 1.165) is 44.9 Å². The number of benzene rings is 1. The van der Waals surface area contributed by atoms with Gasteiger partial charge in [0, 0.05) is 13.3 Å². The molecule has 0 aliphatic rings. The van der Waals surface area contributed by atoms with Crippen LogP contribution in [-0.4, -0.2) is 29.8 Å². The van der Waals surface area contributed by atoms with Crippen LogP contribution in [0.5, 0.6) is 0 Å². The quantitative estimate of drug-likeness (QED) is 0.161. The van der Waals surface area contributed by atoms with Crippen molar-refractivity contribution in [2.24, 2.45) is 0 Å². The van der Waals surface area contributed by atoms with Crippen LogP contribution in [0.15, 0.2) is 30.3 Å². The molecule has 1 aromatic carbocycles. The van der Waals surface area contributed by atoms with Gasteiger partial charge in [0.25, 0.3) is 0 Å². The Morgan fingerprint density at radius 3 is 1.88 bits per heavy atom. The van der Waals surface area contributed by atoms with E-state index in [4.69, 9.17) is 14.6 Å². The second-order valence-corrected chi connectivity index (χ2v) is 8.72. The Labute approximate surface area is 194 Å². The molecule has 0 saturated heterocycles. The van der Waals surface area contributed by atoms with Crippen molar-refractivity contribution in [3.8, 4) is 0 Å². The van der Waals surface area contributed by atoms with Gasteiger partial charge in [-0.15, -0.1) is 0 Å². The molecule has 1 unspecified atom stereocenters. The van der Waals surface area contributed by atoms with Gasteiger partial charge in [-0.1, -0.05) is 94.5 Å². The van der Waals surface area contributed by atoms with Crippen molar-refractivity contribution in [1.29, 1.82) is 0 Å². The molecular weight excluding hydrogens is 404 g/mol. The number of aliphatic carboxylic acids is 1. The molecule has 0 bridgehead atoms. The number of carbonyl (C=O) groups is 2. The molecule has 0 spiro atoms. The van der Waals surface area contributed by atoms with Gasteiger partial charge >= 0.3 is 11.9 Å². The minimum Gasteiger partial charge on any atom is -0.481 e. The van der Waals surface area contributed by atoms with Gasteiger partial charge in [0.15, 0.2) is 0 Å². The summed E-state index contributed by atoms with van der Waals surface area (Å²) in [4.78, 5) is 21.3. The highest BCUT2D eigenvalue weighted by Gasteiger charge is 2.09. The molecular formula is C27H44O5. The van der Waals surface area contributed by atoms with Gasteiger partial charge in [-0.05, 0) is 31.2 Å². The van der Waals surface area contributed by atoms with Crippen molar-refractivity contribution in [3.63, 3.8) is 0 Å². The molecule has 0 amide bonds. The number of carbonyl (C=O) groups excluding carboxylic acids is 1. The average Bonchev–Trinajstić information content (AvgIpc) is 2.77. The summed E-state index contributed by atoms with van der Waals surface area (Å²) in [5.41, 5.74) is 1.23. The van der Waals surface area contributed by atoms with Crippen LogP contribution in [-0.2, 0) is 25.7 Å². The Bertz CT molecular complexity index is 587. The fraction of sp³-hybridized carbons (Fsp3) is 0.704. The predicted molar refractivity (Wildman–Crippen MR) is 129 cm³/mol. The molecule has 5 nitrogen and oxygen atoms in total. The Morgan fingerprint density at radius 1 is 0.781 bits per heavy atom. The molecule has 1 aromatic rings. The Morgan fingerprint density at radius 2 is 1.31 bits per heavy atom. The summed E-state index contributed by atoms with van der Waals surface area (Å²) in [5.74, 6) is -0.880. The normalized spacial score (nSPS) is 11.9. The van der Waals surface area contributed by atoms with E-state index in [2.05, 4.69) is 24.3 Å². The third kappa shape index (κ3) is 17.8. The van der Waals surface area contributed by atoms with E-state index < -0.39 is 5.97 Å². The van der Waals surface area contributed by atoms with E-state index >= 15 is 0 Å². The van der Waals surface area contributed by atoms with Crippen LogP contribution in [0, 0.1) is 0 Å². The van der Waals surface area contributed by atoms with E-state index in [0.29, 0.717) is 25.7 Å². The highest BCUT2D eigenvalue weighted by Crippen LogP contribution is 2.18. The van der Waals surface area contributed by atoms with Gasteiger partial charge in [-0.25, -0.2) is 0 Å². The summed E-state index contributed by atoms with van der Waals surface area (Å²) >= 11 is 0. The number of hydrogen-bond acceptors (Lipinski definition) is 4. The topological polar surface area (TPSA) is 72.8 Å². The van der Waals surface area contributed by atoms with Crippen LogP contribution in [0.3, 0.4) is 0 Å². The fourth-order valence-corrected chi connectivity index (χ4v) is 3.85. The van der Waals surface area contributed by atoms with Crippen molar-refractivity contribution in [3.05, 3.63) is 35.9 Å². The maximum absolute atomic E-state index is 10.7. The summed E-state index contributed by atoms with van der Waals surface area (Å²) in [7, 11) is 0. The number of esters is 1. The molecule has 0 aromatic heterocycles. The zero-order valence-corrected chi connectivity index (χ0v) is 20.1. The highest BCUT2D eigenvalue weighted by molar-refractivity contribution is 5.66. The molecule has 0 fully saturated rings. The van der Waals surface area contributed by atoms with Crippen molar-refractivity contribution in [2.45, 2.75) is 116 Å². The lowest BCUT2D eigenvalue weighted by Crippen LogP contribution is -2.13. The second-order valence-electron chi connectivity index (χ2n) is 8.72. The molecule has 1 rings (SSSR count). The standard InChI is InChI=1S/C27H44O5/c1-24(28)31-22-16-9-5-4-7-14-20-26(32-23-25-17-11-10-12-18-25)19-13-6-2-3-8-15-21-27(29)30/h10-12,17-18,26H,2-9,13-16,19-23H2,1H3,(H,29,30). The van der Waals surface area contributed by atoms with Crippen LogP contribution in [0.1, 0.15) is 109 Å². The van der Waals surface area contributed by atoms with Gasteiger partial charge < -0.3 is 14.6 Å². The van der Waals surface area contributed by atoms with Crippen LogP contribution < -0.4 is 0 Å². The molecule has 32 heavy (non-hydrogen) atoms. The summed E-state index contributed by atoms with van der Waals surface area (Å²) in [6.07, 6.45) is 16.2. The third-order valence-electron chi connectivity index (χ3n) is 5.72. The van der Waals surface area contributed by atoms with Gasteiger partial charge in [-0.3, -0.25) is 9.59 Å². The predicted octanol–water partition coefficient (Wildman–Crippen LogP) is 7.07. The monoisotopic (exact) mass is 448 g/mol. The molecule has 1 N–H and O–H groups in total. The number of carboxylic acid groups (broad SMARTS) is 1. The second kappa shape index (κ2) is 19.8. The van der Waals surface area contributed by atoms with Crippen LogP contribution in [0.4, 0.5) is 0 Å². The lowest BCUT2D eigenvalue weighted by atomic mass is 10.0. The van der Waals surface area contributed by atoms with E-state index in [1.807, 2.05) is 6.07 Å². The summed E-state index contributed by atoms with van der Waals surface area (Å²) in [6.45, 7) is 2.68. The smallest absolute Gasteiger partial charge is 0.303 e. The van der Waals surface area contributed by atoms with Crippen molar-refractivity contribution in [1.82, 2.24) is 0 Å². The van der Waals surface area contributed by atoms with Crippen LogP contribution in [0.25, 0.3) is 0 Å². The van der Waals surface area contributed by atoms with Crippen molar-refractivity contribution >= 4 is 11.9 Å². The fourth-order valence-electron chi connectivity index (χ4n) is 3.85. The summed E-state index contributed by atoms with van der Waals surface area (Å²) < 4.78 is 11.2. The van der Waals surface area contributed by atoms with Crippen molar-refractivity contribution in [2.75, 3.05) is 6.61 Å². The van der Waals surface area contributed by atoms with E-state index in [-0.39, 0.29) is 5.97 Å². The van der Waals surface area contributed by atoms with Crippen LogP contribution in [0.2, 0.25) is 0 Å². The molecule has 0 saturated carbocycles. The Hall–Kier alpha value is -1.88. The van der Waals surface area contributed by atoms with Gasteiger partial charge in [-0.2, -0.15) is 0 Å². The molecule has 5 heteroatoms. The largest absolute Gasteiger partial charge is 0.481 e. The molecule has 0 heterocycles. The molecule has 0 aliphatic carbocycles. The zero-order chi connectivity index (χ0) is 23.3. The first-order chi connectivity index (χ1) is 15.6. The Kier molecular flexibility index (Phi) is 17.4. The van der Waals surface area contributed by atoms with E-state index in [1.54, 1.807) is 0 Å². The minimum atomic E-state index is -0.689. The van der Waals surface area contributed by atoms with Gasteiger partial charge in [0.05, 0.1) is 19.3 Å². The van der Waals surface area contributed by atoms with Crippen LogP contribution >= 0.6 is 0 Å². The lowest BCUT2D eigenvalue weighted by Gasteiger charge is -2.18. The van der Waals surface area contributed by atoms with Gasteiger partial charge in [0.1, 0.15) is 0 Å². The first kappa shape index (κ1) is 28.2. The molecule has 0 radical (unpaired) electrons. The molecule has 1 atom stereocenters. The van der Waals surface area contributed by atoms with Gasteiger partial charge in [0.2, 0.25) is 0 Å². The Balaban J connectivity index is 2.17. The highest BCUT2D eigenvalue weighted by atomic mass is 16.5. The van der Waals surface area contributed by atoms with Crippen molar-refractivity contribution < 1.29 is 24.2 Å². The third-order valence-corrected chi connectivity index (χ3v) is 5.72. The summed E-state index contributed by atoms with van der Waals surface area (Å²) in [5, 5.41) is 8.69. The zero-order valence-electron chi connectivity index (χ0n) is 20.1. The maximum atomic E-state index is 10.7. The SMILES string of the molecule is CC(=O)OCCCCCCCCC(CCCCCCCCC(=O)O)OCc1ccccc1. The number of rotatable bonds is 21. The average molecular weight is 449 g/mol. The molecule has 0 aliphatic heterocycles. The number of ether oxygens (including phenoxy) is 2. The number of unbranched alkanes of at least 4 members (excludes halogenated alkanes) is 10. The minimum absolute atomic E-state index is 0.190. The summed E-state index contributed by atoms with van der Waals surface area (Å²) in [6, 6.07) is 10.4. The first-order valence-corrected chi connectivity index (χ1v) is 12.6. The number of hydrogen-bond donors (Lipinski definition) is 1. The lowest BCUT2D eigenvalue weighted by molar-refractivity contribution is -0.141. The number of carboxylic acids is 1. The molecule has 182 valence electrons. The van der Waals surface area contributed by atoms with E-state index in [1.165, 1.54) is 57.4 Å². The first-order valence-electron chi connectivity index (χ1n) is 12.6.